The molecule has 1 aromatic carbocycles. The van der Waals surface area contributed by atoms with Crippen molar-refractivity contribution in [2.24, 2.45) is 15.0 Å². The van der Waals surface area contributed by atoms with Crippen LogP contribution < -0.4 is 0 Å². The van der Waals surface area contributed by atoms with Crippen molar-refractivity contribution in [3.8, 4) is 5.75 Å². The topological polar surface area (TPSA) is 121 Å². The number of aromatic hydroxyl groups is 1. The van der Waals surface area contributed by atoms with Gasteiger partial charge in [-0.3, -0.25) is 9.59 Å². The van der Waals surface area contributed by atoms with Crippen molar-refractivity contribution in [2.45, 2.75) is 25.9 Å². The Morgan fingerprint density at radius 1 is 1.32 bits per heavy atom. The molecule has 1 rings (SSSR count). The predicted molar refractivity (Wildman–Crippen MR) is 107 cm³/mol. The minimum atomic E-state index is -1.35. The fraction of sp³-hybridized carbons (Fsp3) is 0.316. The van der Waals surface area contributed by atoms with E-state index in [2.05, 4.69) is 54.2 Å². The number of aliphatic hydroxyl groups is 1. The lowest BCUT2D eigenvalue weighted by Gasteiger charge is -2.06. The van der Waals surface area contributed by atoms with Crippen LogP contribution in [0.4, 0.5) is 0 Å². The van der Waals surface area contributed by atoms with Crippen LogP contribution in [0.5, 0.6) is 5.75 Å². The van der Waals surface area contributed by atoms with Gasteiger partial charge in [-0.1, -0.05) is 6.07 Å². The number of amides is 1. The molecule has 0 unspecified atom stereocenters. The molecule has 0 radical (unpaired) electrons. The zero-order chi connectivity index (χ0) is 20.8. The number of halogens is 1. The van der Waals surface area contributed by atoms with Gasteiger partial charge in [-0.05, 0) is 46.3 Å². The molecule has 0 aliphatic carbocycles. The lowest BCUT2D eigenvalue weighted by molar-refractivity contribution is -0.142. The smallest absolute Gasteiger partial charge is 0.307 e. The Bertz CT molecular complexity index is 902. The SMILES string of the molecule is CCOC(=O)CCN=C=C=CN=C=C=NC(=O)[C@H](O)Cc1ccc(O)c(Br)c1. The maximum absolute atomic E-state index is 11.7. The maximum Gasteiger partial charge on any atom is 0.307 e. The summed E-state index contributed by atoms with van der Waals surface area (Å²) in [6.45, 7) is 2.28. The van der Waals surface area contributed by atoms with Gasteiger partial charge in [0.05, 0.1) is 42.0 Å². The Kier molecular flexibility index (Phi) is 10.9. The number of hydrogen-bond acceptors (Lipinski definition) is 7. The fourth-order valence-electron chi connectivity index (χ4n) is 1.75. The Morgan fingerprint density at radius 2 is 2.11 bits per heavy atom. The number of carbonyl (C=O) groups is 2. The van der Waals surface area contributed by atoms with Crippen molar-refractivity contribution < 1.29 is 24.5 Å². The molecule has 0 aliphatic heterocycles. The van der Waals surface area contributed by atoms with Gasteiger partial charge in [0.1, 0.15) is 11.9 Å². The molecule has 0 heterocycles. The number of carbonyl (C=O) groups excluding carboxylic acids is 2. The summed E-state index contributed by atoms with van der Waals surface area (Å²) in [6, 6.07) is 4.63. The van der Waals surface area contributed by atoms with Crippen LogP contribution in [-0.2, 0) is 20.7 Å². The Hall–Kier alpha value is -3.01. The standard InChI is InChI=1S/C19H18BrN3O5/c1-2-28-18(26)6-9-21-7-3-8-22-10-11-23-19(27)17(25)13-14-4-5-16(24)15(20)12-14/h4-5,8,12,17,24-25H,2,6,9,13H2,1H3/t17-/m1/s1. The summed E-state index contributed by atoms with van der Waals surface area (Å²) in [5.74, 6) is 5.76. The van der Waals surface area contributed by atoms with Crippen LogP contribution in [0.25, 0.3) is 0 Å². The van der Waals surface area contributed by atoms with Crippen molar-refractivity contribution >= 4 is 45.4 Å². The van der Waals surface area contributed by atoms with Gasteiger partial charge in [-0.25, -0.2) is 4.99 Å². The number of aliphatic hydroxyl groups excluding tert-OH is 1. The van der Waals surface area contributed by atoms with Crippen molar-refractivity contribution in [2.75, 3.05) is 13.2 Å². The summed E-state index contributed by atoms with van der Waals surface area (Å²) in [5, 5.41) is 19.2. The molecule has 0 aliphatic rings. The highest BCUT2D eigenvalue weighted by Crippen LogP contribution is 2.24. The van der Waals surface area contributed by atoms with Gasteiger partial charge >= 0.3 is 5.97 Å². The van der Waals surface area contributed by atoms with Gasteiger partial charge in [0.15, 0.2) is 0 Å². The third-order valence-corrected chi connectivity index (χ3v) is 3.65. The van der Waals surface area contributed by atoms with Crippen molar-refractivity contribution in [3.05, 3.63) is 40.2 Å². The van der Waals surface area contributed by atoms with Crippen molar-refractivity contribution in [1.29, 1.82) is 0 Å². The zero-order valence-electron chi connectivity index (χ0n) is 15.1. The summed E-state index contributed by atoms with van der Waals surface area (Å²) in [6.07, 6.45) is 0.00722. The first kappa shape index (κ1) is 23.0. The van der Waals surface area contributed by atoms with Gasteiger partial charge < -0.3 is 14.9 Å². The van der Waals surface area contributed by atoms with E-state index in [1.54, 1.807) is 19.1 Å². The summed E-state index contributed by atoms with van der Waals surface area (Å²) in [5.41, 5.74) is 3.13. The van der Waals surface area contributed by atoms with Crippen LogP contribution in [0.15, 0.2) is 49.6 Å². The van der Waals surface area contributed by atoms with Crippen LogP contribution in [0, 0.1) is 0 Å². The normalized spacial score (nSPS) is 10.2. The van der Waals surface area contributed by atoms with E-state index in [1.165, 1.54) is 12.3 Å². The molecule has 0 fully saturated rings. The highest BCUT2D eigenvalue weighted by atomic mass is 79.9. The quantitative estimate of drug-likeness (QED) is 0.357. The monoisotopic (exact) mass is 447 g/mol. The summed E-state index contributed by atoms with van der Waals surface area (Å²) in [4.78, 5) is 33.5. The lowest BCUT2D eigenvalue weighted by atomic mass is 10.1. The second-order valence-corrected chi connectivity index (χ2v) is 5.98. The number of rotatable bonds is 8. The second kappa shape index (κ2) is 13.2. The number of phenolic OH excluding ortho intramolecular Hbond substituents is 1. The number of benzene rings is 1. The van der Waals surface area contributed by atoms with Gasteiger partial charge in [-0.2, -0.15) is 9.98 Å². The average molecular weight is 448 g/mol. The number of aliphatic imine (C=N–C) groups is 3. The van der Waals surface area contributed by atoms with E-state index in [1.807, 2.05) is 0 Å². The average Bonchev–Trinajstić information content (AvgIpc) is 2.66. The van der Waals surface area contributed by atoms with E-state index < -0.39 is 12.0 Å². The number of ether oxygens (including phenoxy) is 1. The first-order chi connectivity index (χ1) is 13.4. The molecule has 1 aromatic rings. The van der Waals surface area contributed by atoms with Crippen LogP contribution >= 0.6 is 15.9 Å². The fourth-order valence-corrected chi connectivity index (χ4v) is 2.17. The second-order valence-electron chi connectivity index (χ2n) is 5.13. The molecule has 0 aromatic heterocycles. The van der Waals surface area contributed by atoms with Gasteiger partial charge in [-0.15, -0.1) is 0 Å². The molecule has 0 saturated carbocycles. The molecular weight excluding hydrogens is 430 g/mol. The van der Waals surface area contributed by atoms with Gasteiger partial charge in [0, 0.05) is 12.3 Å². The molecule has 1 amide bonds. The third-order valence-electron chi connectivity index (χ3n) is 3.01. The van der Waals surface area contributed by atoms with Crippen molar-refractivity contribution in [1.82, 2.24) is 0 Å². The summed E-state index contributed by atoms with van der Waals surface area (Å²) in [7, 11) is 0. The van der Waals surface area contributed by atoms with Crippen LogP contribution in [0.2, 0.25) is 0 Å². The molecule has 9 heteroatoms. The highest BCUT2D eigenvalue weighted by molar-refractivity contribution is 9.10. The van der Waals surface area contributed by atoms with E-state index in [9.17, 15) is 19.8 Å². The molecule has 8 nitrogen and oxygen atoms in total. The van der Waals surface area contributed by atoms with E-state index >= 15 is 0 Å². The summed E-state index contributed by atoms with van der Waals surface area (Å²) >= 11 is 3.15. The van der Waals surface area contributed by atoms with Crippen molar-refractivity contribution in [3.63, 3.8) is 0 Å². The zero-order valence-corrected chi connectivity index (χ0v) is 16.6. The maximum atomic E-state index is 11.7. The van der Waals surface area contributed by atoms with E-state index in [0.29, 0.717) is 16.6 Å². The van der Waals surface area contributed by atoms with Crippen LogP contribution in [-0.4, -0.2) is 59.0 Å². The minimum Gasteiger partial charge on any atom is -0.507 e. The first-order valence-corrected chi connectivity index (χ1v) is 8.97. The minimum absolute atomic E-state index is 0.0327. The predicted octanol–water partition coefficient (Wildman–Crippen LogP) is 1.77. The molecule has 2 N–H and O–H groups in total. The Labute approximate surface area is 170 Å². The Balaban J connectivity index is 2.52. The Morgan fingerprint density at radius 3 is 2.82 bits per heavy atom. The molecule has 0 saturated heterocycles. The van der Waals surface area contributed by atoms with Gasteiger partial charge in [0.2, 0.25) is 0 Å². The van der Waals surface area contributed by atoms with Crippen LogP contribution in [0.1, 0.15) is 18.9 Å². The number of hydrogen-bond donors (Lipinski definition) is 2. The van der Waals surface area contributed by atoms with E-state index in [4.69, 9.17) is 4.74 Å². The van der Waals surface area contributed by atoms with E-state index in [0.717, 1.165) is 0 Å². The molecule has 0 spiro atoms. The molecule has 1 atom stereocenters. The molecule has 0 bridgehead atoms. The highest BCUT2D eigenvalue weighted by Gasteiger charge is 2.15. The molecule has 28 heavy (non-hydrogen) atoms. The number of phenols is 1. The van der Waals surface area contributed by atoms with Crippen LogP contribution in [0.3, 0.4) is 0 Å². The van der Waals surface area contributed by atoms with Gasteiger partial charge in [0.25, 0.3) is 5.91 Å². The lowest BCUT2D eigenvalue weighted by Crippen LogP contribution is -2.20. The first-order valence-electron chi connectivity index (χ1n) is 8.18. The number of esters is 1. The molecule has 146 valence electrons. The largest absolute Gasteiger partial charge is 0.507 e. The molecular formula is C19H18BrN3O5. The summed E-state index contributed by atoms with van der Waals surface area (Å²) < 4.78 is 5.20. The number of nitrogens with zero attached hydrogens (tertiary/aromatic N) is 3. The third kappa shape index (κ3) is 9.62. The van der Waals surface area contributed by atoms with E-state index in [-0.39, 0.29) is 31.1 Å².